The maximum absolute atomic E-state index is 13.3. The molecule has 138 valence electrons. The first-order valence-corrected chi connectivity index (χ1v) is 9.72. The number of benzene rings is 3. The maximum atomic E-state index is 13.3. The van der Waals surface area contributed by atoms with Crippen molar-refractivity contribution in [3.8, 4) is 0 Å². The predicted molar refractivity (Wildman–Crippen MR) is 106 cm³/mol. The third kappa shape index (κ3) is 3.71. The predicted octanol–water partition coefficient (Wildman–Crippen LogP) is 4.01. The van der Waals surface area contributed by atoms with Crippen LogP contribution in [0.25, 0.3) is 10.8 Å². The normalized spacial score (nSPS) is 11.1. The van der Waals surface area contributed by atoms with Crippen molar-refractivity contribution in [1.29, 1.82) is 0 Å². The summed E-state index contributed by atoms with van der Waals surface area (Å²) in [7, 11) is -2.57. The topological polar surface area (TPSA) is 63.7 Å². The first kappa shape index (κ1) is 18.7. The van der Waals surface area contributed by atoms with Crippen LogP contribution in [0.1, 0.15) is 10.4 Å². The van der Waals surface area contributed by atoms with E-state index in [1.165, 1.54) is 23.6 Å². The van der Waals surface area contributed by atoms with Gasteiger partial charge in [-0.05, 0) is 41.1 Å². The fourth-order valence-corrected chi connectivity index (χ4v) is 4.28. The molecule has 0 saturated carbocycles. The molecule has 0 saturated heterocycles. The summed E-state index contributed by atoms with van der Waals surface area (Å²) in [6, 6.07) is 18.9. The Hall–Kier alpha value is -3.12. The molecule has 0 atom stereocenters. The molecule has 3 aromatic rings. The molecule has 0 bridgehead atoms. The molecule has 0 spiro atoms. The average molecular weight is 381 g/mol. The minimum atomic E-state index is -3.85. The first-order valence-electron chi connectivity index (χ1n) is 8.28. The molecule has 0 amide bonds. The van der Waals surface area contributed by atoms with Gasteiger partial charge in [0.05, 0.1) is 29.8 Å². The lowest BCUT2D eigenvalue weighted by Gasteiger charge is -2.23. The average Bonchev–Trinajstić information content (AvgIpc) is 2.71. The zero-order chi connectivity index (χ0) is 19.4. The minimum Gasteiger partial charge on any atom is -0.465 e. The van der Waals surface area contributed by atoms with Gasteiger partial charge in [0.1, 0.15) is 0 Å². The lowest BCUT2D eigenvalue weighted by molar-refractivity contribution is 0.0600. The largest absolute Gasteiger partial charge is 0.465 e. The molecule has 0 radical (unpaired) electrons. The number of anilines is 1. The molecule has 6 heteroatoms. The molecule has 0 aromatic heterocycles. The number of carbonyl (C=O) groups excluding carboxylic acids is 1. The molecule has 0 aliphatic rings. The summed E-state index contributed by atoms with van der Waals surface area (Å²) in [6.45, 7) is 3.73. The molecule has 5 nitrogen and oxygen atoms in total. The highest BCUT2D eigenvalue weighted by atomic mass is 32.2. The zero-order valence-electron chi connectivity index (χ0n) is 14.8. The zero-order valence-corrected chi connectivity index (χ0v) is 15.6. The number of methoxy groups -OCH3 is 1. The Morgan fingerprint density at radius 3 is 2.48 bits per heavy atom. The molecule has 0 fully saturated rings. The van der Waals surface area contributed by atoms with Crippen molar-refractivity contribution in [3.05, 3.63) is 84.9 Å². The van der Waals surface area contributed by atoms with Gasteiger partial charge in [0.2, 0.25) is 0 Å². The number of ether oxygens (including phenoxy) is 1. The van der Waals surface area contributed by atoms with Crippen LogP contribution in [0.4, 0.5) is 5.69 Å². The third-order valence-corrected chi connectivity index (χ3v) is 5.95. The number of hydrogen-bond acceptors (Lipinski definition) is 4. The highest BCUT2D eigenvalue weighted by Gasteiger charge is 2.25. The highest BCUT2D eigenvalue weighted by Crippen LogP contribution is 2.27. The maximum Gasteiger partial charge on any atom is 0.337 e. The molecule has 0 aliphatic heterocycles. The standard InChI is InChI=1S/C21H19NO4S/c1-3-13-22(19-10-6-9-18(14-19)21(23)26-2)27(24,25)20-12-11-16-7-4-5-8-17(16)15-20/h3-12,14-15H,1,13H2,2H3. The van der Waals surface area contributed by atoms with Crippen LogP contribution in [-0.2, 0) is 14.8 Å². The first-order chi connectivity index (χ1) is 13.0. The number of fused-ring (bicyclic) bond motifs is 1. The summed E-state index contributed by atoms with van der Waals surface area (Å²) in [5, 5.41) is 1.79. The van der Waals surface area contributed by atoms with Crippen LogP contribution >= 0.6 is 0 Å². The Morgan fingerprint density at radius 1 is 1.04 bits per heavy atom. The summed E-state index contributed by atoms with van der Waals surface area (Å²) in [4.78, 5) is 12.0. The summed E-state index contributed by atoms with van der Waals surface area (Å²) < 4.78 is 32.5. The monoisotopic (exact) mass is 381 g/mol. The number of rotatable bonds is 6. The fraction of sp³-hybridized carbons (Fsp3) is 0.0952. The van der Waals surface area contributed by atoms with Gasteiger partial charge in [-0.3, -0.25) is 4.31 Å². The second-order valence-electron chi connectivity index (χ2n) is 5.88. The van der Waals surface area contributed by atoms with E-state index in [0.717, 1.165) is 10.8 Å². The van der Waals surface area contributed by atoms with Crippen molar-refractivity contribution in [2.75, 3.05) is 18.0 Å². The van der Waals surface area contributed by atoms with Gasteiger partial charge >= 0.3 is 5.97 Å². The van der Waals surface area contributed by atoms with Gasteiger partial charge in [0.25, 0.3) is 10.0 Å². The summed E-state index contributed by atoms with van der Waals surface area (Å²) in [5.41, 5.74) is 0.642. The second-order valence-corrected chi connectivity index (χ2v) is 7.74. The van der Waals surface area contributed by atoms with Gasteiger partial charge in [-0.1, -0.05) is 42.5 Å². The summed E-state index contributed by atoms with van der Waals surface area (Å²) >= 11 is 0. The molecule has 0 unspecified atom stereocenters. The van der Waals surface area contributed by atoms with Crippen molar-refractivity contribution in [1.82, 2.24) is 0 Å². The fourth-order valence-electron chi connectivity index (χ4n) is 2.82. The van der Waals surface area contributed by atoms with E-state index in [0.29, 0.717) is 5.69 Å². The van der Waals surface area contributed by atoms with Crippen molar-refractivity contribution < 1.29 is 17.9 Å². The van der Waals surface area contributed by atoms with E-state index in [1.54, 1.807) is 36.4 Å². The summed E-state index contributed by atoms with van der Waals surface area (Å²) in [6.07, 6.45) is 1.50. The smallest absolute Gasteiger partial charge is 0.337 e. The van der Waals surface area contributed by atoms with E-state index >= 15 is 0 Å². The molecule has 3 rings (SSSR count). The van der Waals surface area contributed by atoms with Crippen molar-refractivity contribution in [2.45, 2.75) is 4.90 Å². The Bertz CT molecular complexity index is 1110. The molecule has 27 heavy (non-hydrogen) atoms. The second kappa shape index (κ2) is 7.63. The van der Waals surface area contributed by atoms with E-state index in [4.69, 9.17) is 4.74 Å². The third-order valence-electron chi connectivity index (χ3n) is 4.16. The summed E-state index contributed by atoms with van der Waals surface area (Å²) in [5.74, 6) is -0.529. The molecular weight excluding hydrogens is 362 g/mol. The van der Waals surface area contributed by atoms with Crippen LogP contribution in [0.2, 0.25) is 0 Å². The van der Waals surface area contributed by atoms with Crippen LogP contribution in [0.15, 0.2) is 84.3 Å². The number of esters is 1. The SMILES string of the molecule is C=CCN(c1cccc(C(=O)OC)c1)S(=O)(=O)c1ccc2ccccc2c1. The molecule has 0 aliphatic carbocycles. The van der Waals surface area contributed by atoms with Crippen LogP contribution in [0.3, 0.4) is 0 Å². The quantitative estimate of drug-likeness (QED) is 0.478. The van der Waals surface area contributed by atoms with Gasteiger partial charge in [0.15, 0.2) is 0 Å². The lowest BCUT2D eigenvalue weighted by Crippen LogP contribution is -2.31. The highest BCUT2D eigenvalue weighted by molar-refractivity contribution is 7.92. The molecule has 0 N–H and O–H groups in total. The van der Waals surface area contributed by atoms with Crippen molar-refractivity contribution in [2.24, 2.45) is 0 Å². The van der Waals surface area contributed by atoms with Crippen LogP contribution in [0, 0.1) is 0 Å². The van der Waals surface area contributed by atoms with Crippen LogP contribution < -0.4 is 4.31 Å². The van der Waals surface area contributed by atoms with E-state index in [2.05, 4.69) is 6.58 Å². The Balaban J connectivity index is 2.09. The Labute approximate surface area is 158 Å². The Morgan fingerprint density at radius 2 is 1.78 bits per heavy atom. The van der Waals surface area contributed by atoms with E-state index in [9.17, 15) is 13.2 Å². The van der Waals surface area contributed by atoms with Gasteiger partial charge < -0.3 is 4.74 Å². The Kier molecular flexibility index (Phi) is 5.28. The van der Waals surface area contributed by atoms with Gasteiger partial charge in [0, 0.05) is 0 Å². The van der Waals surface area contributed by atoms with E-state index < -0.39 is 16.0 Å². The number of carbonyl (C=O) groups is 1. The molecular formula is C21H19NO4S. The number of sulfonamides is 1. The van der Waals surface area contributed by atoms with E-state index in [1.807, 2.05) is 24.3 Å². The van der Waals surface area contributed by atoms with Gasteiger partial charge in [-0.25, -0.2) is 13.2 Å². The van der Waals surface area contributed by atoms with Crippen LogP contribution in [0.5, 0.6) is 0 Å². The molecule has 3 aromatic carbocycles. The van der Waals surface area contributed by atoms with Gasteiger partial charge in [-0.2, -0.15) is 0 Å². The molecule has 0 heterocycles. The van der Waals surface area contributed by atoms with E-state index in [-0.39, 0.29) is 17.0 Å². The van der Waals surface area contributed by atoms with Crippen LogP contribution in [-0.4, -0.2) is 28.0 Å². The number of nitrogens with zero attached hydrogens (tertiary/aromatic N) is 1. The minimum absolute atomic E-state index is 0.0692. The lowest BCUT2D eigenvalue weighted by atomic mass is 10.1. The van der Waals surface area contributed by atoms with Gasteiger partial charge in [-0.15, -0.1) is 6.58 Å². The number of hydrogen-bond donors (Lipinski definition) is 0. The van der Waals surface area contributed by atoms with Crippen molar-refractivity contribution in [3.63, 3.8) is 0 Å². The van der Waals surface area contributed by atoms with Crippen molar-refractivity contribution >= 4 is 32.5 Å².